The summed E-state index contributed by atoms with van der Waals surface area (Å²) in [6.45, 7) is 5.73. The minimum atomic E-state index is -4.17. The fourth-order valence-electron chi connectivity index (χ4n) is 1.45. The highest BCUT2D eigenvalue weighted by Gasteiger charge is 2.46. The Morgan fingerprint density at radius 2 is 1.89 bits per heavy atom. The van der Waals surface area contributed by atoms with E-state index >= 15 is 0 Å². The van der Waals surface area contributed by atoms with Crippen LogP contribution in [0.15, 0.2) is 0 Å². The summed E-state index contributed by atoms with van der Waals surface area (Å²) in [4.78, 5) is 9.60. The lowest BCUT2D eigenvalue weighted by atomic mass is 9.97. The highest BCUT2D eigenvalue weighted by molar-refractivity contribution is 5.37. The van der Waals surface area contributed by atoms with Crippen molar-refractivity contribution in [3.05, 3.63) is 0 Å². The minimum Gasteiger partial charge on any atom is -0.462 e. The van der Waals surface area contributed by atoms with Crippen LogP contribution in [0.3, 0.4) is 0 Å². The van der Waals surface area contributed by atoms with Gasteiger partial charge in [-0.2, -0.15) is 13.2 Å². The highest BCUT2D eigenvalue weighted by atomic mass is 19.4. The second-order valence-corrected chi connectivity index (χ2v) is 5.08. The maximum atomic E-state index is 12.0. The molecule has 4 nitrogen and oxygen atoms in total. The Labute approximate surface area is 105 Å². The molecule has 1 aliphatic rings. The number of ether oxygens (including phenoxy) is 1. The SMILES string of the molecule is CC(C)(C)OC=O.OCC1CNCC1C(F)(F)F. The van der Waals surface area contributed by atoms with E-state index in [1.807, 2.05) is 20.8 Å². The van der Waals surface area contributed by atoms with Crippen LogP contribution < -0.4 is 5.32 Å². The first-order chi connectivity index (χ1) is 8.11. The van der Waals surface area contributed by atoms with E-state index in [0.717, 1.165) is 0 Å². The number of rotatable bonds is 2. The van der Waals surface area contributed by atoms with Gasteiger partial charge < -0.3 is 15.2 Å². The zero-order valence-electron chi connectivity index (χ0n) is 10.8. The van der Waals surface area contributed by atoms with Crippen LogP contribution in [-0.2, 0) is 9.53 Å². The smallest absolute Gasteiger partial charge is 0.393 e. The number of hydrogen-bond donors (Lipinski definition) is 2. The van der Waals surface area contributed by atoms with E-state index in [-0.39, 0.29) is 18.7 Å². The van der Waals surface area contributed by atoms with Gasteiger partial charge in [-0.1, -0.05) is 0 Å². The molecule has 0 amide bonds. The Hall–Kier alpha value is -0.820. The average Bonchev–Trinajstić information content (AvgIpc) is 2.63. The standard InChI is InChI=1S/C6H10F3NO.C5H10O2/c7-6(8,9)5-2-10-1-4(5)3-11;1-5(2,3)7-4-6/h4-5,10-11H,1-3H2;4H,1-3H3. The predicted octanol–water partition coefficient (Wildman–Crippen LogP) is 1.33. The molecule has 1 saturated heterocycles. The van der Waals surface area contributed by atoms with Crippen LogP contribution in [0.4, 0.5) is 13.2 Å². The molecule has 1 fully saturated rings. The molecule has 1 aliphatic heterocycles. The first kappa shape index (κ1) is 17.2. The van der Waals surface area contributed by atoms with Crippen molar-refractivity contribution in [3.8, 4) is 0 Å². The number of hydrogen-bond acceptors (Lipinski definition) is 4. The molecule has 18 heavy (non-hydrogen) atoms. The molecule has 1 heterocycles. The van der Waals surface area contributed by atoms with Gasteiger partial charge in [0.05, 0.1) is 5.92 Å². The van der Waals surface area contributed by atoms with Crippen LogP contribution in [0.5, 0.6) is 0 Å². The molecule has 0 spiro atoms. The van der Waals surface area contributed by atoms with Crippen molar-refractivity contribution in [1.82, 2.24) is 5.32 Å². The second-order valence-electron chi connectivity index (χ2n) is 5.08. The molecule has 0 aromatic heterocycles. The van der Waals surface area contributed by atoms with Gasteiger partial charge in [-0.15, -0.1) is 0 Å². The van der Waals surface area contributed by atoms with Crippen molar-refractivity contribution in [2.75, 3.05) is 19.7 Å². The molecule has 7 heteroatoms. The Balaban J connectivity index is 0.000000360. The van der Waals surface area contributed by atoms with Crippen LogP contribution in [0.1, 0.15) is 20.8 Å². The first-order valence-electron chi connectivity index (χ1n) is 5.61. The van der Waals surface area contributed by atoms with Gasteiger partial charge in [-0.25, -0.2) is 0 Å². The van der Waals surface area contributed by atoms with Gasteiger partial charge in [-0.05, 0) is 20.8 Å². The van der Waals surface area contributed by atoms with Gasteiger partial charge in [0.2, 0.25) is 0 Å². The molecule has 0 radical (unpaired) electrons. The Morgan fingerprint density at radius 3 is 2.11 bits per heavy atom. The summed E-state index contributed by atoms with van der Waals surface area (Å²) in [6, 6.07) is 0. The molecule has 108 valence electrons. The lowest BCUT2D eigenvalue weighted by Gasteiger charge is -2.18. The van der Waals surface area contributed by atoms with Crippen LogP contribution in [-0.4, -0.2) is 43.1 Å². The molecule has 0 aromatic carbocycles. The highest BCUT2D eigenvalue weighted by Crippen LogP contribution is 2.33. The summed E-state index contributed by atoms with van der Waals surface area (Å²) in [7, 11) is 0. The van der Waals surface area contributed by atoms with Gasteiger partial charge in [-0.3, -0.25) is 4.79 Å². The molecular weight excluding hydrogens is 251 g/mol. The topological polar surface area (TPSA) is 58.6 Å². The largest absolute Gasteiger partial charge is 0.462 e. The van der Waals surface area contributed by atoms with Crippen molar-refractivity contribution < 1.29 is 27.8 Å². The normalized spacial score (nSPS) is 24.2. The van der Waals surface area contributed by atoms with Gasteiger partial charge in [0.15, 0.2) is 0 Å². The van der Waals surface area contributed by atoms with Gasteiger partial charge in [0.25, 0.3) is 6.47 Å². The lowest BCUT2D eigenvalue weighted by molar-refractivity contribution is -0.181. The van der Waals surface area contributed by atoms with Crippen molar-refractivity contribution >= 4 is 6.47 Å². The summed E-state index contributed by atoms with van der Waals surface area (Å²) in [5.41, 5.74) is -0.318. The fourth-order valence-corrected chi connectivity index (χ4v) is 1.45. The second kappa shape index (κ2) is 6.94. The lowest BCUT2D eigenvalue weighted by Crippen LogP contribution is -2.31. The van der Waals surface area contributed by atoms with Gasteiger partial charge in [0.1, 0.15) is 5.60 Å². The fraction of sp³-hybridized carbons (Fsp3) is 0.909. The zero-order chi connectivity index (χ0) is 14.4. The van der Waals surface area contributed by atoms with E-state index in [9.17, 15) is 18.0 Å². The van der Waals surface area contributed by atoms with Gasteiger partial charge in [0, 0.05) is 25.6 Å². The summed E-state index contributed by atoms with van der Waals surface area (Å²) in [5.74, 6) is -2.03. The number of carbonyl (C=O) groups is 1. The Bertz CT molecular complexity index is 251. The Morgan fingerprint density at radius 1 is 1.33 bits per heavy atom. The number of aliphatic hydroxyl groups excluding tert-OH is 1. The zero-order valence-corrected chi connectivity index (χ0v) is 10.8. The van der Waals surface area contributed by atoms with E-state index in [1.54, 1.807) is 0 Å². The van der Waals surface area contributed by atoms with Crippen LogP contribution in [0.25, 0.3) is 0 Å². The number of alkyl halides is 3. The summed E-state index contributed by atoms with van der Waals surface area (Å²) in [6.07, 6.45) is -4.17. The van der Waals surface area contributed by atoms with Crippen LogP contribution in [0.2, 0.25) is 0 Å². The number of halogens is 3. The van der Waals surface area contributed by atoms with Crippen molar-refractivity contribution in [1.29, 1.82) is 0 Å². The van der Waals surface area contributed by atoms with E-state index in [4.69, 9.17) is 5.11 Å². The third-order valence-corrected chi connectivity index (χ3v) is 2.40. The van der Waals surface area contributed by atoms with E-state index in [1.165, 1.54) is 0 Å². The van der Waals surface area contributed by atoms with Crippen molar-refractivity contribution in [2.24, 2.45) is 11.8 Å². The molecule has 0 aromatic rings. The van der Waals surface area contributed by atoms with Gasteiger partial charge >= 0.3 is 6.18 Å². The minimum absolute atomic E-state index is 0.0608. The number of aliphatic hydroxyl groups is 1. The van der Waals surface area contributed by atoms with E-state index in [0.29, 0.717) is 6.47 Å². The van der Waals surface area contributed by atoms with Crippen molar-refractivity contribution in [3.63, 3.8) is 0 Å². The summed E-state index contributed by atoms with van der Waals surface area (Å²) >= 11 is 0. The quantitative estimate of drug-likeness (QED) is 0.744. The van der Waals surface area contributed by atoms with Crippen LogP contribution in [0, 0.1) is 11.8 Å². The molecule has 0 aliphatic carbocycles. The molecular formula is C11H20F3NO3. The van der Waals surface area contributed by atoms with Crippen molar-refractivity contribution in [2.45, 2.75) is 32.5 Å². The van der Waals surface area contributed by atoms with E-state index < -0.39 is 24.6 Å². The number of nitrogens with one attached hydrogen (secondary N) is 1. The molecule has 0 bridgehead atoms. The third kappa shape index (κ3) is 6.80. The monoisotopic (exact) mass is 271 g/mol. The average molecular weight is 271 g/mol. The Kier molecular flexibility index (Phi) is 6.62. The van der Waals surface area contributed by atoms with E-state index in [2.05, 4.69) is 10.1 Å². The molecule has 2 unspecified atom stereocenters. The maximum Gasteiger partial charge on any atom is 0.393 e. The molecule has 2 N–H and O–H groups in total. The molecule has 2 atom stereocenters. The predicted molar refractivity (Wildman–Crippen MR) is 59.9 cm³/mol. The molecule has 1 rings (SSSR count). The third-order valence-electron chi connectivity index (χ3n) is 2.40. The first-order valence-corrected chi connectivity index (χ1v) is 5.61. The summed E-state index contributed by atoms with van der Waals surface area (Å²) < 4.78 is 40.7. The van der Waals surface area contributed by atoms with Crippen LogP contribution >= 0.6 is 0 Å². The maximum absolute atomic E-state index is 12.0. The number of carbonyl (C=O) groups excluding carboxylic acids is 1. The molecule has 0 saturated carbocycles. The summed E-state index contributed by atoms with van der Waals surface area (Å²) in [5, 5.41) is 11.2.